The highest BCUT2D eigenvalue weighted by atomic mass is 32.2. The van der Waals surface area contributed by atoms with Crippen molar-refractivity contribution in [3.05, 3.63) is 64.6 Å². The topological polar surface area (TPSA) is 90.2 Å². The van der Waals surface area contributed by atoms with E-state index >= 15 is 0 Å². The lowest BCUT2D eigenvalue weighted by atomic mass is 10.2. The molecule has 2 aromatic carbocycles. The Morgan fingerprint density at radius 3 is 2.56 bits per heavy atom. The second-order valence-electron chi connectivity index (χ2n) is 5.29. The maximum Gasteiger partial charge on any atom is 0.339 e. The first-order chi connectivity index (χ1) is 12.0. The average molecular weight is 354 g/mol. The van der Waals surface area contributed by atoms with Gasteiger partial charge in [0.05, 0.1) is 10.6 Å². The summed E-state index contributed by atoms with van der Waals surface area (Å²) in [7, 11) is 1.62. The van der Waals surface area contributed by atoms with Gasteiger partial charge < -0.3 is 10.2 Å². The summed E-state index contributed by atoms with van der Waals surface area (Å²) >= 11 is 1.22. The number of aromatic carboxylic acids is 1. The Kier molecular flexibility index (Phi) is 4.58. The van der Waals surface area contributed by atoms with Gasteiger partial charge in [0.15, 0.2) is 5.17 Å². The number of carbonyl (C=O) groups excluding carboxylic acids is 1. The molecule has 0 aromatic heterocycles. The molecule has 126 valence electrons. The van der Waals surface area contributed by atoms with Crippen LogP contribution in [0.25, 0.3) is 6.08 Å². The summed E-state index contributed by atoms with van der Waals surface area (Å²) in [6.07, 6.45) is 1.79. The SMILES string of the molecule is CN1C(=O)/C(=C/c2ccccc2)SC1=Nc1ccc(C(=O)O)c(O)c1. The van der Waals surface area contributed by atoms with Gasteiger partial charge in [-0.15, -0.1) is 0 Å². The van der Waals surface area contributed by atoms with Crippen LogP contribution in [0.1, 0.15) is 15.9 Å². The number of phenols is 1. The Bertz CT molecular complexity index is 907. The fourth-order valence-corrected chi connectivity index (χ4v) is 3.22. The maximum absolute atomic E-state index is 12.3. The van der Waals surface area contributed by atoms with E-state index in [2.05, 4.69) is 4.99 Å². The van der Waals surface area contributed by atoms with Gasteiger partial charge in [-0.25, -0.2) is 9.79 Å². The standard InChI is InChI=1S/C18H14N2O4S/c1-20-16(22)15(9-11-5-3-2-4-6-11)25-18(20)19-12-7-8-13(17(23)24)14(21)10-12/h2-10,21H,1H3,(H,23,24)/b15-9-,19-18?. The molecule has 1 amide bonds. The fourth-order valence-electron chi connectivity index (χ4n) is 2.23. The number of likely N-dealkylation sites (N-methyl/N-ethyl adjacent to an activating group) is 1. The molecule has 0 aliphatic carbocycles. The third-order valence-corrected chi connectivity index (χ3v) is 4.60. The van der Waals surface area contributed by atoms with Crippen molar-refractivity contribution in [2.45, 2.75) is 0 Å². The van der Waals surface area contributed by atoms with E-state index in [1.54, 1.807) is 13.1 Å². The van der Waals surface area contributed by atoms with Crippen molar-refractivity contribution in [3.8, 4) is 5.75 Å². The molecular formula is C18H14N2O4S. The first-order valence-corrected chi connectivity index (χ1v) is 8.15. The summed E-state index contributed by atoms with van der Waals surface area (Å²) in [6, 6.07) is 13.5. The summed E-state index contributed by atoms with van der Waals surface area (Å²) in [5.41, 5.74) is 1.08. The van der Waals surface area contributed by atoms with Crippen LogP contribution in [0.5, 0.6) is 5.75 Å². The van der Waals surface area contributed by atoms with Crippen molar-refractivity contribution < 1.29 is 19.8 Å². The van der Waals surface area contributed by atoms with Crippen LogP contribution in [0.15, 0.2) is 58.4 Å². The van der Waals surface area contributed by atoms with Crippen LogP contribution < -0.4 is 0 Å². The average Bonchev–Trinajstić information content (AvgIpc) is 2.84. The Morgan fingerprint density at radius 2 is 1.92 bits per heavy atom. The van der Waals surface area contributed by atoms with E-state index in [0.29, 0.717) is 15.8 Å². The number of hydrogen-bond acceptors (Lipinski definition) is 5. The number of rotatable bonds is 3. The minimum atomic E-state index is -1.22. The lowest BCUT2D eigenvalue weighted by Gasteiger charge is -2.07. The zero-order valence-electron chi connectivity index (χ0n) is 13.2. The highest BCUT2D eigenvalue weighted by Crippen LogP contribution is 2.34. The molecule has 1 saturated heterocycles. The van der Waals surface area contributed by atoms with Gasteiger partial charge in [0.25, 0.3) is 5.91 Å². The third kappa shape index (κ3) is 3.56. The number of hydrogen-bond donors (Lipinski definition) is 2. The van der Waals surface area contributed by atoms with Crippen LogP contribution in [0, 0.1) is 0 Å². The summed E-state index contributed by atoms with van der Waals surface area (Å²) < 4.78 is 0. The number of carboxylic acids is 1. The van der Waals surface area contributed by atoms with Gasteiger partial charge in [-0.2, -0.15) is 0 Å². The van der Waals surface area contributed by atoms with Crippen LogP contribution >= 0.6 is 11.8 Å². The maximum atomic E-state index is 12.3. The molecule has 6 nitrogen and oxygen atoms in total. The van der Waals surface area contributed by atoms with Crippen LogP contribution in [-0.2, 0) is 4.79 Å². The second-order valence-corrected chi connectivity index (χ2v) is 6.30. The van der Waals surface area contributed by atoms with Gasteiger partial charge in [-0.05, 0) is 35.5 Å². The summed E-state index contributed by atoms with van der Waals surface area (Å²) in [5.74, 6) is -1.75. The van der Waals surface area contributed by atoms with Gasteiger partial charge in [0.2, 0.25) is 0 Å². The Morgan fingerprint density at radius 1 is 1.20 bits per heavy atom. The predicted octanol–water partition coefficient (Wildman–Crippen LogP) is 3.32. The number of carboxylic acid groups (broad SMARTS) is 1. The lowest BCUT2D eigenvalue weighted by molar-refractivity contribution is -0.121. The zero-order valence-corrected chi connectivity index (χ0v) is 14.0. The molecule has 1 aliphatic heterocycles. The number of aromatic hydroxyl groups is 1. The molecule has 0 unspecified atom stereocenters. The van der Waals surface area contributed by atoms with Crippen molar-refractivity contribution in [1.82, 2.24) is 4.90 Å². The highest BCUT2D eigenvalue weighted by Gasteiger charge is 2.30. The van der Waals surface area contributed by atoms with E-state index in [1.807, 2.05) is 30.3 Å². The van der Waals surface area contributed by atoms with Crippen LogP contribution in [0.4, 0.5) is 5.69 Å². The number of carbonyl (C=O) groups is 2. The molecule has 1 fully saturated rings. The largest absolute Gasteiger partial charge is 0.507 e. The fraction of sp³-hybridized carbons (Fsp3) is 0.0556. The number of amidine groups is 1. The molecule has 2 aromatic rings. The Balaban J connectivity index is 1.89. The summed E-state index contributed by atoms with van der Waals surface area (Å²) in [4.78, 5) is 29.6. The molecular weight excluding hydrogens is 340 g/mol. The van der Waals surface area contributed by atoms with Gasteiger partial charge in [-0.1, -0.05) is 30.3 Å². The number of aliphatic imine (C=N–C) groups is 1. The van der Waals surface area contributed by atoms with E-state index in [-0.39, 0.29) is 17.2 Å². The van der Waals surface area contributed by atoms with Gasteiger partial charge in [0.1, 0.15) is 11.3 Å². The minimum absolute atomic E-state index is 0.168. The number of amides is 1. The van der Waals surface area contributed by atoms with E-state index in [4.69, 9.17) is 5.11 Å². The molecule has 25 heavy (non-hydrogen) atoms. The molecule has 0 atom stereocenters. The van der Waals surface area contributed by atoms with Gasteiger partial charge in [-0.3, -0.25) is 9.69 Å². The quantitative estimate of drug-likeness (QED) is 0.825. The van der Waals surface area contributed by atoms with Crippen LogP contribution in [0.2, 0.25) is 0 Å². The monoisotopic (exact) mass is 354 g/mol. The summed E-state index contributed by atoms with van der Waals surface area (Å²) in [6.45, 7) is 0. The molecule has 3 rings (SSSR count). The highest BCUT2D eigenvalue weighted by molar-refractivity contribution is 8.18. The normalized spacial score (nSPS) is 17.5. The molecule has 2 N–H and O–H groups in total. The first-order valence-electron chi connectivity index (χ1n) is 7.33. The lowest BCUT2D eigenvalue weighted by Crippen LogP contribution is -2.23. The summed E-state index contributed by atoms with van der Waals surface area (Å²) in [5, 5.41) is 19.1. The molecule has 0 saturated carbocycles. The van der Waals surface area contributed by atoms with Gasteiger partial charge in [0, 0.05) is 13.1 Å². The Labute approximate surface area is 148 Å². The zero-order chi connectivity index (χ0) is 18.0. The minimum Gasteiger partial charge on any atom is -0.507 e. The molecule has 1 aliphatic rings. The van der Waals surface area contributed by atoms with E-state index in [9.17, 15) is 14.7 Å². The molecule has 0 bridgehead atoms. The predicted molar refractivity (Wildman–Crippen MR) is 96.9 cm³/mol. The van der Waals surface area contributed by atoms with Crippen molar-refractivity contribution in [3.63, 3.8) is 0 Å². The van der Waals surface area contributed by atoms with Gasteiger partial charge >= 0.3 is 5.97 Å². The van der Waals surface area contributed by atoms with Crippen LogP contribution in [-0.4, -0.2) is 39.2 Å². The second kappa shape index (κ2) is 6.82. The van der Waals surface area contributed by atoms with E-state index in [1.165, 1.54) is 34.9 Å². The van der Waals surface area contributed by atoms with E-state index < -0.39 is 5.97 Å². The number of thioether (sulfide) groups is 1. The molecule has 1 heterocycles. The Hall–Kier alpha value is -3.06. The third-order valence-electron chi connectivity index (χ3n) is 3.54. The van der Waals surface area contributed by atoms with Crippen molar-refractivity contribution in [2.24, 2.45) is 4.99 Å². The van der Waals surface area contributed by atoms with Crippen LogP contribution in [0.3, 0.4) is 0 Å². The molecule has 7 heteroatoms. The molecule has 0 spiro atoms. The van der Waals surface area contributed by atoms with Crippen molar-refractivity contribution in [1.29, 1.82) is 0 Å². The number of nitrogens with zero attached hydrogens (tertiary/aromatic N) is 2. The van der Waals surface area contributed by atoms with Crippen molar-refractivity contribution in [2.75, 3.05) is 7.05 Å². The smallest absolute Gasteiger partial charge is 0.339 e. The first kappa shape index (κ1) is 16.8. The van der Waals surface area contributed by atoms with Crippen molar-refractivity contribution >= 4 is 40.6 Å². The number of benzene rings is 2. The molecule has 0 radical (unpaired) electrons. The van der Waals surface area contributed by atoms with E-state index in [0.717, 1.165) is 5.56 Å².